The van der Waals surface area contributed by atoms with E-state index in [-0.39, 0.29) is 10.7 Å². The molecule has 0 heterocycles. The average Bonchev–Trinajstić information content (AvgIpc) is 2.18. The predicted octanol–water partition coefficient (Wildman–Crippen LogP) is 3.48. The summed E-state index contributed by atoms with van der Waals surface area (Å²) in [6, 6.07) is 2.47. The fourth-order valence-corrected chi connectivity index (χ4v) is 2.40. The normalized spacial score (nSPS) is 18.5. The van der Waals surface area contributed by atoms with Crippen LogP contribution in [-0.4, -0.2) is 7.85 Å². The Labute approximate surface area is 96.0 Å². The Balaban J connectivity index is 4.66. The molecule has 0 amide bonds. The summed E-state index contributed by atoms with van der Waals surface area (Å²) in [5.74, 6) is 0. The molecular weight excluding hydrogens is 181 g/mol. The molecule has 2 heteroatoms. The molecule has 0 radical (unpaired) electrons. The Hall–Kier alpha value is -0.705. The third-order valence-electron chi connectivity index (χ3n) is 3.36. The van der Waals surface area contributed by atoms with E-state index in [2.05, 4.69) is 41.3 Å². The van der Waals surface area contributed by atoms with E-state index in [4.69, 9.17) is 0 Å². The molecule has 0 aromatic carbocycles. The van der Waals surface area contributed by atoms with Crippen molar-refractivity contribution in [3.8, 4) is 6.07 Å². The molecule has 0 bridgehead atoms. The van der Waals surface area contributed by atoms with Gasteiger partial charge in [-0.25, -0.2) is 0 Å². The predicted molar refractivity (Wildman–Crippen MR) is 69.6 cm³/mol. The first-order valence-electron chi connectivity index (χ1n) is 5.97. The molecule has 0 aromatic rings. The third kappa shape index (κ3) is 4.56. The zero-order valence-electron chi connectivity index (χ0n) is 10.8. The zero-order chi connectivity index (χ0) is 11.9. The maximum Gasteiger partial charge on any atom is 0.109 e. The largest absolute Gasteiger partial charge is 0.198 e. The maximum atomic E-state index is 9.21. The summed E-state index contributed by atoms with van der Waals surface area (Å²) in [5, 5.41) is 9.46. The Kier molecular flexibility index (Phi) is 5.72. The van der Waals surface area contributed by atoms with Gasteiger partial charge in [0.25, 0.3) is 0 Å². The first-order chi connectivity index (χ1) is 6.95. The summed E-state index contributed by atoms with van der Waals surface area (Å²) in [6.07, 6.45) is 7.26. The van der Waals surface area contributed by atoms with E-state index in [1.165, 1.54) is 12.8 Å². The fraction of sp³-hybridized carbons (Fsp3) is 0.769. The molecule has 2 atom stereocenters. The maximum absolute atomic E-state index is 9.21. The van der Waals surface area contributed by atoms with Gasteiger partial charge in [-0.1, -0.05) is 38.1 Å². The van der Waals surface area contributed by atoms with Crippen LogP contribution in [0.2, 0.25) is 5.31 Å². The zero-order valence-corrected chi connectivity index (χ0v) is 10.8. The van der Waals surface area contributed by atoms with E-state index in [1.54, 1.807) is 0 Å². The van der Waals surface area contributed by atoms with Gasteiger partial charge < -0.3 is 0 Å². The van der Waals surface area contributed by atoms with Crippen LogP contribution in [0.1, 0.15) is 52.9 Å². The molecule has 0 rings (SSSR count). The summed E-state index contributed by atoms with van der Waals surface area (Å²) in [5.41, 5.74) is -0.174. The molecule has 0 aliphatic rings. The van der Waals surface area contributed by atoms with Crippen molar-refractivity contribution >= 4 is 7.85 Å². The van der Waals surface area contributed by atoms with Gasteiger partial charge in [-0.05, 0) is 26.2 Å². The lowest BCUT2D eigenvalue weighted by Gasteiger charge is -2.35. The Bertz CT molecular complexity index is 243. The molecule has 0 saturated heterocycles. The average molecular weight is 205 g/mol. The number of rotatable bonds is 7. The standard InChI is InChI=1S/C13H24BN/c1-5-8-13(14,9-6-2)10-12(4,7-3)11-15/h5H,1,6-10,14H2,2-4H3. The third-order valence-corrected chi connectivity index (χ3v) is 3.36. The SMILES string of the molecule is BC(CC=C)(CCC)CC(C)(C#N)CC. The van der Waals surface area contributed by atoms with Crippen LogP contribution in [0.4, 0.5) is 0 Å². The smallest absolute Gasteiger partial charge is 0.109 e. The Morgan fingerprint density at radius 1 is 1.47 bits per heavy atom. The van der Waals surface area contributed by atoms with Crippen molar-refractivity contribution in [2.75, 3.05) is 0 Å². The van der Waals surface area contributed by atoms with Gasteiger partial charge in [-0.2, -0.15) is 5.26 Å². The molecule has 0 spiro atoms. The lowest BCUT2D eigenvalue weighted by molar-refractivity contribution is 0.307. The van der Waals surface area contributed by atoms with Crippen LogP contribution in [0.25, 0.3) is 0 Å². The number of nitriles is 1. The molecule has 0 aliphatic carbocycles. The van der Waals surface area contributed by atoms with Crippen molar-refractivity contribution in [2.45, 2.75) is 58.2 Å². The van der Waals surface area contributed by atoms with Gasteiger partial charge in [0.15, 0.2) is 0 Å². The highest BCUT2D eigenvalue weighted by atomic mass is 14.4. The molecule has 1 nitrogen and oxygen atoms in total. The fourth-order valence-electron chi connectivity index (χ4n) is 2.40. The summed E-state index contributed by atoms with van der Waals surface area (Å²) in [7, 11) is 2.28. The summed E-state index contributed by atoms with van der Waals surface area (Å²) >= 11 is 0. The van der Waals surface area contributed by atoms with Gasteiger partial charge in [0.1, 0.15) is 7.85 Å². The van der Waals surface area contributed by atoms with Crippen LogP contribution in [0.3, 0.4) is 0 Å². The number of hydrogen-bond acceptors (Lipinski definition) is 1. The molecule has 15 heavy (non-hydrogen) atoms. The molecule has 0 aliphatic heterocycles. The first kappa shape index (κ1) is 14.3. The van der Waals surface area contributed by atoms with Crippen LogP contribution in [0.15, 0.2) is 12.7 Å². The Morgan fingerprint density at radius 3 is 2.40 bits per heavy atom. The lowest BCUT2D eigenvalue weighted by Crippen LogP contribution is -2.23. The van der Waals surface area contributed by atoms with Crippen molar-refractivity contribution in [2.24, 2.45) is 5.41 Å². The van der Waals surface area contributed by atoms with Crippen molar-refractivity contribution in [3.63, 3.8) is 0 Å². The van der Waals surface area contributed by atoms with Gasteiger partial charge in [-0.15, -0.1) is 6.58 Å². The van der Waals surface area contributed by atoms with Gasteiger partial charge >= 0.3 is 0 Å². The van der Waals surface area contributed by atoms with Gasteiger partial charge in [0.05, 0.1) is 11.5 Å². The van der Waals surface area contributed by atoms with E-state index in [1.807, 2.05) is 6.08 Å². The number of nitrogens with zero attached hydrogens (tertiary/aromatic N) is 1. The van der Waals surface area contributed by atoms with Crippen LogP contribution in [-0.2, 0) is 0 Å². The van der Waals surface area contributed by atoms with E-state index >= 15 is 0 Å². The second kappa shape index (κ2) is 6.00. The second-order valence-electron chi connectivity index (χ2n) is 5.26. The van der Waals surface area contributed by atoms with E-state index in [9.17, 15) is 5.26 Å². The lowest BCUT2D eigenvalue weighted by atomic mass is 9.56. The molecule has 0 fully saturated rings. The molecule has 0 N–H and O–H groups in total. The monoisotopic (exact) mass is 205 g/mol. The van der Waals surface area contributed by atoms with E-state index < -0.39 is 0 Å². The Morgan fingerprint density at radius 2 is 2.07 bits per heavy atom. The van der Waals surface area contributed by atoms with Crippen molar-refractivity contribution in [1.82, 2.24) is 0 Å². The quantitative estimate of drug-likeness (QED) is 0.461. The molecule has 2 unspecified atom stereocenters. The van der Waals surface area contributed by atoms with Crippen molar-refractivity contribution < 1.29 is 0 Å². The van der Waals surface area contributed by atoms with Gasteiger partial charge in [0, 0.05) is 0 Å². The van der Waals surface area contributed by atoms with Crippen molar-refractivity contribution in [1.29, 1.82) is 5.26 Å². The molecular formula is C13H24BN. The summed E-state index contributed by atoms with van der Waals surface area (Å²) < 4.78 is 0. The van der Waals surface area contributed by atoms with E-state index in [0.29, 0.717) is 0 Å². The van der Waals surface area contributed by atoms with Gasteiger partial charge in [0.2, 0.25) is 0 Å². The second-order valence-corrected chi connectivity index (χ2v) is 5.26. The van der Waals surface area contributed by atoms with Crippen LogP contribution in [0, 0.1) is 16.7 Å². The highest BCUT2D eigenvalue weighted by Gasteiger charge is 2.32. The molecule has 0 saturated carbocycles. The topological polar surface area (TPSA) is 23.8 Å². The van der Waals surface area contributed by atoms with Crippen LogP contribution in [0.5, 0.6) is 0 Å². The van der Waals surface area contributed by atoms with E-state index in [0.717, 1.165) is 19.3 Å². The first-order valence-corrected chi connectivity index (χ1v) is 5.97. The summed E-state index contributed by atoms with van der Waals surface area (Å²) in [6.45, 7) is 10.2. The highest BCUT2D eigenvalue weighted by Crippen LogP contribution is 2.45. The van der Waals surface area contributed by atoms with Crippen LogP contribution < -0.4 is 0 Å². The minimum absolute atomic E-state index is 0.174. The van der Waals surface area contributed by atoms with Gasteiger partial charge in [-0.3, -0.25) is 0 Å². The summed E-state index contributed by atoms with van der Waals surface area (Å²) in [4.78, 5) is 0. The van der Waals surface area contributed by atoms with Crippen LogP contribution >= 0.6 is 0 Å². The molecule has 84 valence electrons. The van der Waals surface area contributed by atoms with Crippen molar-refractivity contribution in [3.05, 3.63) is 12.7 Å². The number of allylic oxidation sites excluding steroid dienone is 1. The number of hydrogen-bond donors (Lipinski definition) is 0. The minimum Gasteiger partial charge on any atom is -0.198 e. The minimum atomic E-state index is -0.174. The molecule has 0 aromatic heterocycles. The highest BCUT2D eigenvalue weighted by molar-refractivity contribution is 6.15.